The van der Waals surface area contributed by atoms with Crippen molar-refractivity contribution < 1.29 is 9.59 Å². The molecule has 4 nitrogen and oxygen atoms in total. The second-order valence-electron chi connectivity index (χ2n) is 6.27. The van der Waals surface area contributed by atoms with Crippen LogP contribution in [0.1, 0.15) is 43.3 Å². The van der Waals surface area contributed by atoms with E-state index in [1.165, 1.54) is 11.3 Å². The average Bonchev–Trinajstić information content (AvgIpc) is 3.02. The van der Waals surface area contributed by atoms with Crippen LogP contribution in [0.4, 0.5) is 0 Å². The fourth-order valence-corrected chi connectivity index (χ4v) is 3.86. The molecule has 0 bridgehead atoms. The van der Waals surface area contributed by atoms with Crippen LogP contribution in [0.5, 0.6) is 0 Å². The molecule has 0 unspecified atom stereocenters. The number of aryl methyl sites for hydroxylation is 2. The molecule has 1 fully saturated rings. The molecule has 2 heterocycles. The molecule has 3 rings (SSSR count). The zero-order chi connectivity index (χ0) is 17.1. The van der Waals surface area contributed by atoms with Gasteiger partial charge < -0.3 is 10.2 Å². The van der Waals surface area contributed by atoms with E-state index in [0.717, 1.165) is 33.7 Å². The third-order valence-electron chi connectivity index (χ3n) is 4.46. The van der Waals surface area contributed by atoms with E-state index in [-0.39, 0.29) is 17.9 Å². The van der Waals surface area contributed by atoms with Gasteiger partial charge in [-0.1, -0.05) is 18.2 Å². The Bertz CT molecular complexity index is 745. The number of piperidine rings is 1. The molecule has 5 heteroatoms. The number of carbonyl (C=O) groups excluding carboxylic acids is 2. The maximum absolute atomic E-state index is 12.5. The van der Waals surface area contributed by atoms with Crippen molar-refractivity contribution in [1.29, 1.82) is 0 Å². The van der Waals surface area contributed by atoms with Crippen LogP contribution in [-0.4, -0.2) is 35.8 Å². The third kappa shape index (κ3) is 3.67. The second-order valence-corrected chi connectivity index (χ2v) is 7.55. The smallest absolute Gasteiger partial charge is 0.263 e. The number of hydrogen-bond donors (Lipinski definition) is 1. The topological polar surface area (TPSA) is 49.4 Å². The van der Waals surface area contributed by atoms with Crippen molar-refractivity contribution in [3.8, 4) is 0 Å². The number of amides is 2. The van der Waals surface area contributed by atoms with Gasteiger partial charge in [0.05, 0.1) is 4.88 Å². The molecule has 0 saturated carbocycles. The largest absolute Gasteiger partial charge is 0.349 e. The second kappa shape index (κ2) is 7.18. The van der Waals surface area contributed by atoms with Crippen molar-refractivity contribution in [2.45, 2.75) is 32.7 Å². The molecule has 1 aliphatic heterocycles. The molecule has 1 aliphatic rings. The lowest BCUT2D eigenvalue weighted by atomic mass is 10.0. The standard InChI is InChI=1S/C19H22N2O2S/c1-13-5-3-4-6-16(13)18(22)20-15-9-11-21(12-10-15)19(23)17-8-7-14(2)24-17/h3-8,15H,9-12H2,1-2H3,(H,20,22). The summed E-state index contributed by atoms with van der Waals surface area (Å²) in [5.41, 5.74) is 1.71. The lowest BCUT2D eigenvalue weighted by Crippen LogP contribution is -2.46. The third-order valence-corrected chi connectivity index (χ3v) is 5.45. The average molecular weight is 342 g/mol. The minimum absolute atomic E-state index is 0.0215. The molecule has 2 amide bonds. The van der Waals surface area contributed by atoms with Crippen molar-refractivity contribution in [2.75, 3.05) is 13.1 Å². The SMILES string of the molecule is Cc1ccc(C(=O)N2CCC(NC(=O)c3ccccc3C)CC2)s1. The Kier molecular flexibility index (Phi) is 5.00. The molecule has 1 aromatic carbocycles. The molecule has 0 aliphatic carbocycles. The predicted molar refractivity (Wildman–Crippen MR) is 96.6 cm³/mol. The molecule has 1 N–H and O–H groups in total. The van der Waals surface area contributed by atoms with Gasteiger partial charge >= 0.3 is 0 Å². The Balaban J connectivity index is 1.55. The number of nitrogens with zero attached hydrogens (tertiary/aromatic N) is 1. The minimum Gasteiger partial charge on any atom is -0.349 e. The molecule has 24 heavy (non-hydrogen) atoms. The van der Waals surface area contributed by atoms with Crippen molar-refractivity contribution in [3.63, 3.8) is 0 Å². The maximum atomic E-state index is 12.5. The Morgan fingerprint density at radius 1 is 1.08 bits per heavy atom. The number of thiophene rings is 1. The van der Waals surface area contributed by atoms with Gasteiger partial charge in [-0.05, 0) is 50.5 Å². The Hall–Kier alpha value is -2.14. The first-order valence-corrected chi connectivity index (χ1v) is 9.08. The fraction of sp³-hybridized carbons (Fsp3) is 0.368. The quantitative estimate of drug-likeness (QED) is 0.929. The Morgan fingerprint density at radius 2 is 1.79 bits per heavy atom. The van der Waals surface area contributed by atoms with E-state index >= 15 is 0 Å². The molecule has 0 spiro atoms. The van der Waals surface area contributed by atoms with Crippen LogP contribution < -0.4 is 5.32 Å². The van der Waals surface area contributed by atoms with E-state index in [1.54, 1.807) is 0 Å². The van der Waals surface area contributed by atoms with Gasteiger partial charge in [-0.15, -0.1) is 11.3 Å². The summed E-state index contributed by atoms with van der Waals surface area (Å²) in [4.78, 5) is 28.7. The highest BCUT2D eigenvalue weighted by Gasteiger charge is 2.25. The molecule has 2 aromatic rings. The Morgan fingerprint density at radius 3 is 2.42 bits per heavy atom. The molecule has 126 valence electrons. The van der Waals surface area contributed by atoms with Crippen molar-refractivity contribution in [1.82, 2.24) is 10.2 Å². The summed E-state index contributed by atoms with van der Waals surface area (Å²) in [7, 11) is 0. The number of likely N-dealkylation sites (tertiary alicyclic amines) is 1. The first-order chi connectivity index (χ1) is 11.5. The summed E-state index contributed by atoms with van der Waals surface area (Å²) >= 11 is 1.54. The van der Waals surface area contributed by atoms with Gasteiger partial charge in [-0.2, -0.15) is 0 Å². The first kappa shape index (κ1) is 16.7. The zero-order valence-corrected chi connectivity index (χ0v) is 14.9. The highest BCUT2D eigenvalue weighted by molar-refractivity contribution is 7.13. The van der Waals surface area contributed by atoms with Gasteiger partial charge in [0.2, 0.25) is 0 Å². The highest BCUT2D eigenvalue weighted by atomic mass is 32.1. The lowest BCUT2D eigenvalue weighted by molar-refractivity contribution is 0.0702. The molecule has 0 atom stereocenters. The number of benzene rings is 1. The number of hydrogen-bond acceptors (Lipinski definition) is 3. The van der Waals surface area contributed by atoms with Crippen LogP contribution in [0.3, 0.4) is 0 Å². The van der Waals surface area contributed by atoms with Crippen LogP contribution in [0.25, 0.3) is 0 Å². The number of rotatable bonds is 3. The van der Waals surface area contributed by atoms with E-state index in [9.17, 15) is 9.59 Å². The maximum Gasteiger partial charge on any atom is 0.263 e. The van der Waals surface area contributed by atoms with Gasteiger partial charge in [-0.25, -0.2) is 0 Å². The van der Waals surface area contributed by atoms with Crippen LogP contribution in [0.15, 0.2) is 36.4 Å². The number of nitrogens with one attached hydrogen (secondary N) is 1. The van der Waals surface area contributed by atoms with Gasteiger partial charge in [0, 0.05) is 29.6 Å². The highest BCUT2D eigenvalue weighted by Crippen LogP contribution is 2.20. The summed E-state index contributed by atoms with van der Waals surface area (Å²) < 4.78 is 0. The Labute approximate surface area is 146 Å². The monoisotopic (exact) mass is 342 g/mol. The van der Waals surface area contributed by atoms with Crippen molar-refractivity contribution >= 4 is 23.2 Å². The summed E-state index contributed by atoms with van der Waals surface area (Å²) in [6, 6.07) is 11.6. The van der Waals surface area contributed by atoms with E-state index in [4.69, 9.17) is 0 Å². The van der Waals surface area contributed by atoms with Gasteiger partial charge in [0.15, 0.2) is 0 Å². The van der Waals surface area contributed by atoms with E-state index in [1.807, 2.05) is 55.1 Å². The van der Waals surface area contributed by atoms with Crippen LogP contribution >= 0.6 is 11.3 Å². The van der Waals surface area contributed by atoms with E-state index in [2.05, 4.69) is 5.32 Å². The van der Waals surface area contributed by atoms with Crippen molar-refractivity contribution in [2.24, 2.45) is 0 Å². The van der Waals surface area contributed by atoms with Gasteiger partial charge in [-0.3, -0.25) is 9.59 Å². The predicted octanol–water partition coefficient (Wildman–Crippen LogP) is 3.40. The molecular weight excluding hydrogens is 320 g/mol. The molecule has 1 aromatic heterocycles. The fourth-order valence-electron chi connectivity index (χ4n) is 3.02. The van der Waals surface area contributed by atoms with E-state index < -0.39 is 0 Å². The number of carbonyl (C=O) groups is 2. The summed E-state index contributed by atoms with van der Waals surface area (Å²) in [6.07, 6.45) is 1.60. The summed E-state index contributed by atoms with van der Waals surface area (Å²) in [5.74, 6) is 0.0866. The summed E-state index contributed by atoms with van der Waals surface area (Å²) in [5, 5.41) is 3.11. The van der Waals surface area contributed by atoms with Gasteiger partial charge in [0.1, 0.15) is 0 Å². The lowest BCUT2D eigenvalue weighted by Gasteiger charge is -2.32. The zero-order valence-electron chi connectivity index (χ0n) is 14.0. The van der Waals surface area contributed by atoms with Gasteiger partial charge in [0.25, 0.3) is 11.8 Å². The molecule has 0 radical (unpaired) electrons. The van der Waals surface area contributed by atoms with Crippen LogP contribution in [0.2, 0.25) is 0 Å². The van der Waals surface area contributed by atoms with Crippen molar-refractivity contribution in [3.05, 3.63) is 57.3 Å². The van der Waals surface area contributed by atoms with Crippen LogP contribution in [0, 0.1) is 13.8 Å². The normalized spacial score (nSPS) is 15.3. The molecular formula is C19H22N2O2S. The first-order valence-electron chi connectivity index (χ1n) is 8.27. The molecule has 1 saturated heterocycles. The minimum atomic E-state index is -0.0215. The van der Waals surface area contributed by atoms with Crippen LogP contribution in [-0.2, 0) is 0 Å². The van der Waals surface area contributed by atoms with E-state index in [0.29, 0.717) is 13.1 Å². The summed E-state index contributed by atoms with van der Waals surface area (Å²) in [6.45, 7) is 5.33.